The molecule has 0 saturated heterocycles. The lowest BCUT2D eigenvalue weighted by molar-refractivity contribution is -0.140. The monoisotopic (exact) mass is 239 g/mol. The first kappa shape index (κ1) is 10.5. The van der Waals surface area contributed by atoms with Gasteiger partial charge in [-0.2, -0.15) is 13.2 Å². The van der Waals surface area contributed by atoms with Crippen LogP contribution in [0.2, 0.25) is 0 Å². The minimum atomic E-state index is -4.40. The molecule has 0 unspecified atom stereocenters. The van der Waals surface area contributed by atoms with E-state index in [1.165, 1.54) is 6.07 Å². The summed E-state index contributed by atoms with van der Waals surface area (Å²) >= 11 is 0. The molecule has 1 aliphatic heterocycles. The molecule has 0 fully saturated rings. The Morgan fingerprint density at radius 2 is 1.76 bits per heavy atom. The van der Waals surface area contributed by atoms with Gasteiger partial charge in [-0.3, -0.25) is 0 Å². The second-order valence-corrected chi connectivity index (χ2v) is 4.00. The van der Waals surface area contributed by atoms with Crippen molar-refractivity contribution in [1.29, 1.82) is 0 Å². The molecule has 0 N–H and O–H groups in total. The van der Waals surface area contributed by atoms with Gasteiger partial charge >= 0.3 is 6.18 Å². The van der Waals surface area contributed by atoms with Crippen molar-refractivity contribution in [3.63, 3.8) is 0 Å². The van der Waals surface area contributed by atoms with Gasteiger partial charge in [-0.25, -0.2) is 4.98 Å². The molecule has 1 aliphatic rings. The predicted molar refractivity (Wildman–Crippen MR) is 55.2 cm³/mol. The number of hydrogen-bond donors (Lipinski definition) is 0. The maximum absolute atomic E-state index is 12.5. The van der Waals surface area contributed by atoms with E-state index in [9.17, 15) is 13.2 Å². The normalized spacial score (nSPS) is 15.2. The highest BCUT2D eigenvalue weighted by Gasteiger charge is 2.32. The third-order valence-electron chi connectivity index (χ3n) is 2.82. The highest BCUT2D eigenvalue weighted by atomic mass is 19.4. The van der Waals surface area contributed by atoms with Gasteiger partial charge in [-0.05, 0) is 29.3 Å². The summed E-state index contributed by atoms with van der Waals surface area (Å²) in [6.07, 6.45) is -4.40. The summed E-state index contributed by atoms with van der Waals surface area (Å²) in [6.45, 7) is 0.968. The fourth-order valence-electron chi connectivity index (χ4n) is 1.96. The summed E-state index contributed by atoms with van der Waals surface area (Å²) in [7, 11) is 0. The second kappa shape index (κ2) is 3.43. The largest absolute Gasteiger partial charge is 0.433 e. The first-order valence-corrected chi connectivity index (χ1v) is 5.11. The maximum Gasteiger partial charge on any atom is 0.433 e. The Morgan fingerprint density at radius 3 is 2.47 bits per heavy atom. The third-order valence-corrected chi connectivity index (χ3v) is 2.82. The van der Waals surface area contributed by atoms with Crippen LogP contribution in [0.25, 0.3) is 10.9 Å². The fraction of sp³-hybridized carbons (Fsp3) is 0.250. The summed E-state index contributed by atoms with van der Waals surface area (Å²) in [5.41, 5.74) is 1.45. The molecule has 0 radical (unpaired) electrons. The van der Waals surface area contributed by atoms with Crippen molar-refractivity contribution in [3.05, 3.63) is 41.1 Å². The number of alkyl halides is 3. The zero-order valence-corrected chi connectivity index (χ0v) is 8.71. The number of fused-ring (bicyclic) bond motifs is 2. The molecule has 2 aromatic rings. The zero-order chi connectivity index (χ0) is 12.0. The summed E-state index contributed by atoms with van der Waals surface area (Å²) in [6, 6.07) is 5.96. The molecule has 0 aliphatic carbocycles. The molecule has 0 bridgehead atoms. The molecule has 0 amide bonds. The topological polar surface area (TPSA) is 22.1 Å². The number of aromatic nitrogens is 1. The van der Waals surface area contributed by atoms with Gasteiger partial charge in [0, 0.05) is 5.39 Å². The third kappa shape index (κ3) is 1.76. The molecule has 0 spiro atoms. The smallest absolute Gasteiger partial charge is 0.372 e. The fourth-order valence-corrected chi connectivity index (χ4v) is 1.96. The van der Waals surface area contributed by atoms with Gasteiger partial charge in [-0.1, -0.05) is 6.07 Å². The highest BCUT2D eigenvalue weighted by molar-refractivity contribution is 5.80. The van der Waals surface area contributed by atoms with E-state index in [4.69, 9.17) is 4.74 Å². The van der Waals surface area contributed by atoms with Crippen molar-refractivity contribution in [3.8, 4) is 0 Å². The quantitative estimate of drug-likeness (QED) is 0.703. The molecular formula is C12H8F3NO. The van der Waals surface area contributed by atoms with E-state index < -0.39 is 11.9 Å². The number of pyridine rings is 1. The summed E-state index contributed by atoms with van der Waals surface area (Å²) in [4.78, 5) is 3.64. The van der Waals surface area contributed by atoms with Crippen LogP contribution in [-0.2, 0) is 24.1 Å². The summed E-state index contributed by atoms with van der Waals surface area (Å²) in [5, 5.41) is 0.710. The number of hydrogen-bond acceptors (Lipinski definition) is 2. The van der Waals surface area contributed by atoms with Crippen molar-refractivity contribution in [1.82, 2.24) is 4.98 Å². The molecule has 0 saturated carbocycles. The van der Waals surface area contributed by atoms with Gasteiger partial charge in [0.15, 0.2) is 0 Å². The van der Waals surface area contributed by atoms with Crippen LogP contribution >= 0.6 is 0 Å². The van der Waals surface area contributed by atoms with E-state index in [1.807, 2.05) is 6.07 Å². The van der Waals surface area contributed by atoms with E-state index in [0.29, 0.717) is 24.1 Å². The molecule has 1 aromatic heterocycles. The van der Waals surface area contributed by atoms with E-state index >= 15 is 0 Å². The van der Waals surface area contributed by atoms with Crippen molar-refractivity contribution < 1.29 is 17.9 Å². The van der Waals surface area contributed by atoms with E-state index in [0.717, 1.165) is 17.2 Å². The summed E-state index contributed by atoms with van der Waals surface area (Å²) < 4.78 is 42.7. The molecule has 2 nitrogen and oxygen atoms in total. The van der Waals surface area contributed by atoms with Crippen LogP contribution in [0.1, 0.15) is 16.8 Å². The Balaban J connectivity index is 2.20. The predicted octanol–water partition coefficient (Wildman–Crippen LogP) is 3.28. The van der Waals surface area contributed by atoms with Gasteiger partial charge in [0.05, 0.1) is 18.7 Å². The van der Waals surface area contributed by atoms with Crippen molar-refractivity contribution in [2.24, 2.45) is 0 Å². The van der Waals surface area contributed by atoms with E-state index in [1.54, 1.807) is 6.07 Å². The summed E-state index contributed by atoms with van der Waals surface area (Å²) in [5.74, 6) is 0. The second-order valence-electron chi connectivity index (χ2n) is 4.00. The molecular weight excluding hydrogens is 231 g/mol. The maximum atomic E-state index is 12.5. The molecule has 88 valence electrons. The number of rotatable bonds is 0. The Morgan fingerprint density at radius 1 is 1.06 bits per heavy atom. The van der Waals surface area contributed by atoms with Gasteiger partial charge in [0.2, 0.25) is 0 Å². The molecule has 1 aromatic carbocycles. The van der Waals surface area contributed by atoms with Crippen LogP contribution in [0, 0.1) is 0 Å². The van der Waals surface area contributed by atoms with Crippen molar-refractivity contribution in [2.75, 3.05) is 0 Å². The van der Waals surface area contributed by atoms with Crippen LogP contribution in [0.4, 0.5) is 13.2 Å². The average Bonchev–Trinajstić information content (AvgIpc) is 2.70. The zero-order valence-electron chi connectivity index (χ0n) is 8.71. The highest BCUT2D eigenvalue weighted by Crippen LogP contribution is 2.31. The lowest BCUT2D eigenvalue weighted by Gasteiger charge is -2.07. The Kier molecular flexibility index (Phi) is 2.13. The Hall–Kier alpha value is -1.62. The average molecular weight is 239 g/mol. The minimum Gasteiger partial charge on any atom is -0.372 e. The van der Waals surface area contributed by atoms with Crippen LogP contribution in [0.15, 0.2) is 24.3 Å². The minimum absolute atomic E-state index is 0.365. The van der Waals surface area contributed by atoms with Gasteiger partial charge in [0.1, 0.15) is 5.69 Å². The molecule has 3 rings (SSSR count). The molecule has 0 atom stereocenters. The Bertz CT molecular complexity index is 592. The van der Waals surface area contributed by atoms with Crippen LogP contribution in [0.5, 0.6) is 0 Å². The molecule has 5 heteroatoms. The lowest BCUT2D eigenvalue weighted by atomic mass is 10.1. The van der Waals surface area contributed by atoms with Gasteiger partial charge in [0.25, 0.3) is 0 Å². The Labute approximate surface area is 95.0 Å². The molecule has 17 heavy (non-hydrogen) atoms. The number of halogens is 3. The van der Waals surface area contributed by atoms with Gasteiger partial charge in [-0.15, -0.1) is 0 Å². The molecule has 2 heterocycles. The number of ether oxygens (including phenoxy) is 1. The van der Waals surface area contributed by atoms with Crippen molar-refractivity contribution in [2.45, 2.75) is 19.4 Å². The SMILES string of the molecule is FC(F)(F)c1ccc2cc3c(cc2n1)COC3. The van der Waals surface area contributed by atoms with Crippen LogP contribution in [0.3, 0.4) is 0 Å². The number of benzene rings is 1. The van der Waals surface area contributed by atoms with E-state index in [2.05, 4.69) is 4.98 Å². The van der Waals surface area contributed by atoms with Crippen molar-refractivity contribution >= 4 is 10.9 Å². The van der Waals surface area contributed by atoms with Gasteiger partial charge < -0.3 is 4.74 Å². The standard InChI is InChI=1S/C12H8F3NO/c13-12(14,15)11-2-1-7-3-8-5-17-6-9(8)4-10(7)16-11/h1-4H,5-6H2. The first-order chi connectivity index (χ1) is 8.04. The van der Waals surface area contributed by atoms with Crippen LogP contribution in [-0.4, -0.2) is 4.98 Å². The van der Waals surface area contributed by atoms with E-state index in [-0.39, 0.29) is 0 Å². The lowest BCUT2D eigenvalue weighted by Crippen LogP contribution is -2.07. The first-order valence-electron chi connectivity index (χ1n) is 5.11. The van der Waals surface area contributed by atoms with Crippen LogP contribution < -0.4 is 0 Å². The number of nitrogens with zero attached hydrogens (tertiary/aromatic N) is 1.